The molecule has 1 aromatic carbocycles. The first-order valence-corrected chi connectivity index (χ1v) is 8.32. The van der Waals surface area contributed by atoms with Gasteiger partial charge in [0.25, 0.3) is 0 Å². The van der Waals surface area contributed by atoms with Crippen LogP contribution in [-0.2, 0) is 0 Å². The SMILES string of the molecule is Cc1c(-c2ccncc2)sc(Nc2cc(Cl)cc(Cl)c2)c1C#N. The molecule has 3 nitrogen and oxygen atoms in total. The van der Waals surface area contributed by atoms with E-state index in [2.05, 4.69) is 16.4 Å². The minimum Gasteiger partial charge on any atom is -0.346 e. The molecule has 0 spiro atoms. The van der Waals surface area contributed by atoms with Crippen LogP contribution in [0.4, 0.5) is 10.7 Å². The van der Waals surface area contributed by atoms with Crippen LogP contribution in [0.15, 0.2) is 42.7 Å². The van der Waals surface area contributed by atoms with Gasteiger partial charge in [0.2, 0.25) is 0 Å². The Morgan fingerprint density at radius 1 is 1.13 bits per heavy atom. The highest BCUT2D eigenvalue weighted by atomic mass is 35.5. The number of hydrogen-bond acceptors (Lipinski definition) is 4. The standard InChI is InChI=1S/C17H11Cl2N3S/c1-10-15(9-20)17(22-14-7-12(18)6-13(19)8-14)23-16(10)11-2-4-21-5-3-11/h2-8,22H,1H3. The molecule has 23 heavy (non-hydrogen) atoms. The number of nitrogens with one attached hydrogen (secondary N) is 1. The van der Waals surface area contributed by atoms with Crippen molar-refractivity contribution in [2.75, 3.05) is 5.32 Å². The number of pyridine rings is 1. The van der Waals surface area contributed by atoms with Crippen molar-refractivity contribution >= 4 is 45.2 Å². The molecule has 114 valence electrons. The maximum absolute atomic E-state index is 9.50. The normalized spacial score (nSPS) is 10.3. The fraction of sp³-hybridized carbons (Fsp3) is 0.0588. The van der Waals surface area contributed by atoms with Gasteiger partial charge >= 0.3 is 0 Å². The van der Waals surface area contributed by atoms with Crippen LogP contribution < -0.4 is 5.32 Å². The number of nitriles is 1. The molecule has 0 fully saturated rings. The lowest BCUT2D eigenvalue weighted by Crippen LogP contribution is -1.90. The van der Waals surface area contributed by atoms with E-state index in [1.807, 2.05) is 19.1 Å². The van der Waals surface area contributed by atoms with Crippen LogP contribution in [0.3, 0.4) is 0 Å². The van der Waals surface area contributed by atoms with E-state index in [0.717, 1.165) is 26.7 Å². The van der Waals surface area contributed by atoms with E-state index < -0.39 is 0 Å². The predicted octanol–water partition coefficient (Wildman–Crippen LogP) is 6.04. The third kappa shape index (κ3) is 3.32. The molecule has 0 atom stereocenters. The summed E-state index contributed by atoms with van der Waals surface area (Å²) in [5, 5.41) is 14.6. The summed E-state index contributed by atoms with van der Waals surface area (Å²) >= 11 is 13.6. The zero-order valence-corrected chi connectivity index (χ0v) is 14.4. The van der Waals surface area contributed by atoms with Gasteiger partial charge < -0.3 is 5.32 Å². The number of nitrogens with zero attached hydrogens (tertiary/aromatic N) is 2. The summed E-state index contributed by atoms with van der Waals surface area (Å²) in [5.74, 6) is 0. The molecule has 3 rings (SSSR count). The molecular formula is C17H11Cl2N3S. The molecule has 0 aliphatic rings. The Kier molecular flexibility index (Phi) is 4.53. The zero-order valence-electron chi connectivity index (χ0n) is 12.1. The first-order valence-electron chi connectivity index (χ1n) is 6.75. The minimum atomic E-state index is 0.543. The largest absolute Gasteiger partial charge is 0.346 e. The van der Waals surface area contributed by atoms with E-state index in [-0.39, 0.29) is 0 Å². The van der Waals surface area contributed by atoms with Gasteiger partial charge in [0.15, 0.2) is 0 Å². The molecule has 2 heterocycles. The highest BCUT2D eigenvalue weighted by Gasteiger charge is 2.16. The zero-order chi connectivity index (χ0) is 16.4. The highest BCUT2D eigenvalue weighted by Crippen LogP contribution is 2.41. The molecule has 0 aliphatic carbocycles. The Labute approximate surface area is 148 Å². The van der Waals surface area contributed by atoms with Gasteiger partial charge in [-0.3, -0.25) is 4.98 Å². The summed E-state index contributed by atoms with van der Waals surface area (Å²) in [6, 6.07) is 11.3. The van der Waals surface area contributed by atoms with Crippen molar-refractivity contribution in [3.63, 3.8) is 0 Å². The Hall–Kier alpha value is -2.06. The lowest BCUT2D eigenvalue weighted by Gasteiger charge is -2.05. The molecule has 2 aromatic heterocycles. The number of thiophene rings is 1. The van der Waals surface area contributed by atoms with Crippen LogP contribution in [0.2, 0.25) is 10.0 Å². The van der Waals surface area contributed by atoms with Gasteiger partial charge in [-0.2, -0.15) is 5.26 Å². The van der Waals surface area contributed by atoms with Crippen molar-refractivity contribution in [2.45, 2.75) is 6.92 Å². The number of anilines is 2. The molecule has 0 amide bonds. The summed E-state index contributed by atoms with van der Waals surface area (Å²) in [4.78, 5) is 5.07. The number of benzene rings is 1. The van der Waals surface area contributed by atoms with Crippen LogP contribution in [0.25, 0.3) is 10.4 Å². The lowest BCUT2D eigenvalue weighted by atomic mass is 10.1. The van der Waals surface area contributed by atoms with Crippen molar-refractivity contribution in [3.8, 4) is 16.5 Å². The fourth-order valence-corrected chi connectivity index (χ4v) is 3.98. The molecule has 6 heteroatoms. The molecular weight excluding hydrogens is 349 g/mol. The van der Waals surface area contributed by atoms with Gasteiger partial charge in [0.1, 0.15) is 11.1 Å². The van der Waals surface area contributed by atoms with Gasteiger partial charge in [-0.05, 0) is 48.4 Å². The summed E-state index contributed by atoms with van der Waals surface area (Å²) < 4.78 is 0. The smallest absolute Gasteiger partial charge is 0.112 e. The van der Waals surface area contributed by atoms with Crippen molar-refractivity contribution in [1.82, 2.24) is 4.98 Å². The van der Waals surface area contributed by atoms with E-state index >= 15 is 0 Å². The topological polar surface area (TPSA) is 48.7 Å². The number of aromatic nitrogens is 1. The summed E-state index contributed by atoms with van der Waals surface area (Å²) in [6.07, 6.45) is 3.48. The van der Waals surface area contributed by atoms with Crippen LogP contribution >= 0.6 is 34.5 Å². The third-order valence-electron chi connectivity index (χ3n) is 3.32. The van der Waals surface area contributed by atoms with Gasteiger partial charge in [-0.1, -0.05) is 23.2 Å². The van der Waals surface area contributed by atoms with Crippen molar-refractivity contribution in [1.29, 1.82) is 5.26 Å². The first kappa shape index (κ1) is 15.8. The molecule has 0 radical (unpaired) electrons. The monoisotopic (exact) mass is 359 g/mol. The summed E-state index contributed by atoms with van der Waals surface area (Å²) in [5.41, 5.74) is 3.36. The molecule has 0 saturated heterocycles. The summed E-state index contributed by atoms with van der Waals surface area (Å²) in [6.45, 7) is 1.95. The average molecular weight is 360 g/mol. The number of rotatable bonds is 3. The summed E-state index contributed by atoms with van der Waals surface area (Å²) in [7, 11) is 0. The van der Waals surface area contributed by atoms with E-state index in [9.17, 15) is 5.26 Å². The van der Waals surface area contributed by atoms with E-state index in [1.165, 1.54) is 11.3 Å². The second-order valence-corrected chi connectivity index (χ2v) is 6.78. The van der Waals surface area contributed by atoms with Crippen molar-refractivity contribution in [2.24, 2.45) is 0 Å². The van der Waals surface area contributed by atoms with Crippen LogP contribution in [-0.4, -0.2) is 4.98 Å². The minimum absolute atomic E-state index is 0.543. The van der Waals surface area contributed by atoms with Gasteiger partial charge in [-0.25, -0.2) is 0 Å². The van der Waals surface area contributed by atoms with Crippen LogP contribution in [0.1, 0.15) is 11.1 Å². The Bertz CT molecular complexity index is 878. The molecule has 1 N–H and O–H groups in total. The molecule has 0 saturated carbocycles. The van der Waals surface area contributed by atoms with E-state index in [1.54, 1.807) is 30.6 Å². The van der Waals surface area contributed by atoms with Gasteiger partial charge in [0.05, 0.1) is 5.56 Å². The second kappa shape index (κ2) is 6.59. The van der Waals surface area contributed by atoms with Crippen molar-refractivity contribution in [3.05, 3.63) is 63.9 Å². The Morgan fingerprint density at radius 3 is 2.39 bits per heavy atom. The predicted molar refractivity (Wildman–Crippen MR) is 96.7 cm³/mol. The van der Waals surface area contributed by atoms with Crippen LogP contribution in [0.5, 0.6) is 0 Å². The highest BCUT2D eigenvalue weighted by molar-refractivity contribution is 7.20. The van der Waals surface area contributed by atoms with Crippen molar-refractivity contribution < 1.29 is 0 Å². The maximum Gasteiger partial charge on any atom is 0.112 e. The lowest BCUT2D eigenvalue weighted by molar-refractivity contribution is 1.33. The second-order valence-electron chi connectivity index (χ2n) is 4.89. The van der Waals surface area contributed by atoms with E-state index in [4.69, 9.17) is 23.2 Å². The van der Waals surface area contributed by atoms with Crippen LogP contribution in [0, 0.1) is 18.3 Å². The number of halogens is 2. The van der Waals surface area contributed by atoms with Gasteiger partial charge in [-0.15, -0.1) is 11.3 Å². The quantitative estimate of drug-likeness (QED) is 0.619. The third-order valence-corrected chi connectivity index (χ3v) is 5.01. The Balaban J connectivity index is 2.05. The number of hydrogen-bond donors (Lipinski definition) is 1. The first-order chi connectivity index (χ1) is 11.1. The van der Waals surface area contributed by atoms with Gasteiger partial charge in [0, 0.05) is 33.0 Å². The average Bonchev–Trinajstić information content (AvgIpc) is 2.83. The molecule has 3 aromatic rings. The van der Waals surface area contributed by atoms with E-state index in [0.29, 0.717) is 15.6 Å². The molecule has 0 unspecified atom stereocenters. The maximum atomic E-state index is 9.50. The molecule has 0 bridgehead atoms. The Morgan fingerprint density at radius 2 is 1.78 bits per heavy atom. The fourth-order valence-electron chi connectivity index (χ4n) is 2.27. The molecule has 0 aliphatic heterocycles.